The number of carbonyl (C=O) groups is 1. The van der Waals surface area contributed by atoms with Gasteiger partial charge in [0.15, 0.2) is 0 Å². The van der Waals surface area contributed by atoms with Crippen LogP contribution in [0.2, 0.25) is 10.0 Å². The molecular formula is C15H14Cl2N2O. The number of aryl methyl sites for hydroxylation is 1. The number of hydrogen-bond donors (Lipinski definition) is 2. The molecule has 0 spiro atoms. The summed E-state index contributed by atoms with van der Waals surface area (Å²) < 4.78 is 0. The lowest BCUT2D eigenvalue weighted by Crippen LogP contribution is -2.12. The third-order valence-corrected chi connectivity index (χ3v) is 3.26. The molecule has 2 rings (SSSR count). The Bertz CT molecular complexity index is 609. The first kappa shape index (κ1) is 14.7. The zero-order chi connectivity index (χ0) is 14.5. The van der Waals surface area contributed by atoms with Gasteiger partial charge in [-0.3, -0.25) is 4.79 Å². The number of nitrogens with two attached hydrogens (primary N) is 1. The summed E-state index contributed by atoms with van der Waals surface area (Å²) in [5.41, 5.74) is 8.09. The van der Waals surface area contributed by atoms with Crippen LogP contribution in [0.1, 0.15) is 12.0 Å². The fourth-order valence-corrected chi connectivity index (χ4v) is 2.39. The summed E-state index contributed by atoms with van der Waals surface area (Å²) >= 11 is 11.8. The SMILES string of the molecule is Nc1ccccc1CCC(=O)Nc1cc(Cl)cc(Cl)c1. The number of halogens is 2. The van der Waals surface area contributed by atoms with E-state index < -0.39 is 0 Å². The molecule has 0 heterocycles. The predicted octanol–water partition coefficient (Wildman–Crippen LogP) is 4.15. The number of rotatable bonds is 4. The number of hydrogen-bond acceptors (Lipinski definition) is 2. The van der Waals surface area contributed by atoms with Crippen LogP contribution in [0.5, 0.6) is 0 Å². The van der Waals surface area contributed by atoms with Crippen LogP contribution < -0.4 is 11.1 Å². The minimum Gasteiger partial charge on any atom is -0.399 e. The number of anilines is 2. The number of nitrogens with one attached hydrogen (secondary N) is 1. The minimum absolute atomic E-state index is 0.105. The van der Waals surface area contributed by atoms with Crippen molar-refractivity contribution in [3.63, 3.8) is 0 Å². The molecular weight excluding hydrogens is 295 g/mol. The van der Waals surface area contributed by atoms with Crippen molar-refractivity contribution < 1.29 is 4.79 Å². The molecule has 0 aliphatic rings. The largest absolute Gasteiger partial charge is 0.399 e. The van der Waals surface area contributed by atoms with E-state index in [9.17, 15) is 4.79 Å². The molecule has 20 heavy (non-hydrogen) atoms. The summed E-state index contributed by atoms with van der Waals surface area (Å²) in [7, 11) is 0. The summed E-state index contributed by atoms with van der Waals surface area (Å²) in [4.78, 5) is 11.9. The molecule has 0 atom stereocenters. The highest BCUT2D eigenvalue weighted by molar-refractivity contribution is 6.35. The van der Waals surface area contributed by atoms with Gasteiger partial charge in [0.1, 0.15) is 0 Å². The van der Waals surface area contributed by atoms with Gasteiger partial charge in [-0.15, -0.1) is 0 Å². The predicted molar refractivity (Wildman–Crippen MR) is 84.3 cm³/mol. The molecule has 5 heteroatoms. The quantitative estimate of drug-likeness (QED) is 0.834. The maximum absolute atomic E-state index is 11.9. The fourth-order valence-electron chi connectivity index (χ4n) is 1.86. The molecule has 0 fully saturated rings. The highest BCUT2D eigenvalue weighted by Crippen LogP contribution is 2.22. The molecule has 2 aromatic carbocycles. The summed E-state index contributed by atoms with van der Waals surface area (Å²) in [6.07, 6.45) is 0.936. The van der Waals surface area contributed by atoms with Gasteiger partial charge in [-0.25, -0.2) is 0 Å². The number of nitrogen functional groups attached to an aromatic ring is 1. The standard InChI is InChI=1S/C15H14Cl2N2O/c16-11-7-12(17)9-13(8-11)19-15(20)6-5-10-3-1-2-4-14(10)18/h1-4,7-9H,5-6,18H2,(H,19,20). The van der Waals surface area contributed by atoms with Crippen LogP contribution in [0.15, 0.2) is 42.5 Å². The first-order valence-corrected chi connectivity index (χ1v) is 6.89. The van der Waals surface area contributed by atoms with Crippen LogP contribution >= 0.6 is 23.2 Å². The zero-order valence-electron chi connectivity index (χ0n) is 10.7. The van der Waals surface area contributed by atoms with Crippen LogP contribution in [0, 0.1) is 0 Å². The van der Waals surface area contributed by atoms with Crippen molar-refractivity contribution in [3.05, 3.63) is 58.1 Å². The Kier molecular flexibility index (Phi) is 4.88. The van der Waals surface area contributed by atoms with Crippen LogP contribution in [0.4, 0.5) is 11.4 Å². The molecule has 0 aliphatic heterocycles. The van der Waals surface area contributed by atoms with Crippen molar-refractivity contribution >= 4 is 40.5 Å². The molecule has 3 N–H and O–H groups in total. The zero-order valence-corrected chi connectivity index (χ0v) is 12.2. The second-order valence-electron chi connectivity index (χ2n) is 4.41. The molecule has 0 aromatic heterocycles. The second kappa shape index (κ2) is 6.64. The van der Waals surface area contributed by atoms with E-state index in [0.717, 1.165) is 5.56 Å². The van der Waals surface area contributed by atoms with Crippen molar-refractivity contribution in [1.29, 1.82) is 0 Å². The third kappa shape index (κ3) is 4.15. The molecule has 0 saturated heterocycles. The van der Waals surface area contributed by atoms with Crippen molar-refractivity contribution in [2.75, 3.05) is 11.1 Å². The second-order valence-corrected chi connectivity index (χ2v) is 5.28. The molecule has 2 aromatic rings. The highest BCUT2D eigenvalue weighted by Gasteiger charge is 2.06. The van der Waals surface area contributed by atoms with Crippen molar-refractivity contribution in [2.24, 2.45) is 0 Å². The first-order chi connectivity index (χ1) is 9.54. The molecule has 104 valence electrons. The van der Waals surface area contributed by atoms with E-state index in [1.54, 1.807) is 18.2 Å². The Morgan fingerprint density at radius 3 is 2.40 bits per heavy atom. The Morgan fingerprint density at radius 1 is 1.10 bits per heavy atom. The summed E-state index contributed by atoms with van der Waals surface area (Å²) in [6.45, 7) is 0. The summed E-state index contributed by atoms with van der Waals surface area (Å²) in [5, 5.41) is 3.74. The molecule has 0 aliphatic carbocycles. The number of carbonyl (C=O) groups excluding carboxylic acids is 1. The molecule has 0 saturated carbocycles. The summed E-state index contributed by atoms with van der Waals surface area (Å²) in [5.74, 6) is -0.105. The van der Waals surface area contributed by atoms with Crippen molar-refractivity contribution in [1.82, 2.24) is 0 Å². The van der Waals surface area contributed by atoms with E-state index in [2.05, 4.69) is 5.32 Å². The molecule has 3 nitrogen and oxygen atoms in total. The van der Waals surface area contributed by atoms with Crippen LogP contribution in [0.25, 0.3) is 0 Å². The maximum atomic E-state index is 11.9. The van der Waals surface area contributed by atoms with Crippen molar-refractivity contribution in [2.45, 2.75) is 12.8 Å². The van der Waals surface area contributed by atoms with Gasteiger partial charge in [-0.05, 0) is 36.2 Å². The lowest BCUT2D eigenvalue weighted by atomic mass is 10.1. The smallest absolute Gasteiger partial charge is 0.224 e. The van der Waals surface area contributed by atoms with Gasteiger partial charge in [-0.2, -0.15) is 0 Å². The first-order valence-electron chi connectivity index (χ1n) is 6.14. The lowest BCUT2D eigenvalue weighted by Gasteiger charge is -2.07. The van der Waals surface area contributed by atoms with Gasteiger partial charge in [0, 0.05) is 27.8 Å². The van der Waals surface area contributed by atoms with E-state index in [1.807, 2.05) is 24.3 Å². The third-order valence-electron chi connectivity index (χ3n) is 2.82. The van der Waals surface area contributed by atoms with E-state index in [4.69, 9.17) is 28.9 Å². The topological polar surface area (TPSA) is 55.1 Å². The number of para-hydroxylation sites is 1. The maximum Gasteiger partial charge on any atom is 0.224 e. The van der Waals surface area contributed by atoms with Crippen LogP contribution in [0.3, 0.4) is 0 Å². The molecule has 0 unspecified atom stereocenters. The van der Waals surface area contributed by atoms with Gasteiger partial charge >= 0.3 is 0 Å². The van der Waals surface area contributed by atoms with Crippen LogP contribution in [-0.4, -0.2) is 5.91 Å². The average molecular weight is 309 g/mol. The Morgan fingerprint density at radius 2 is 1.75 bits per heavy atom. The number of amides is 1. The van der Waals surface area contributed by atoms with E-state index in [1.165, 1.54) is 0 Å². The summed E-state index contributed by atoms with van der Waals surface area (Å²) in [6, 6.07) is 12.4. The molecule has 0 bridgehead atoms. The molecule has 0 radical (unpaired) electrons. The van der Waals surface area contributed by atoms with E-state index in [0.29, 0.717) is 34.3 Å². The van der Waals surface area contributed by atoms with Gasteiger partial charge in [0.2, 0.25) is 5.91 Å². The van der Waals surface area contributed by atoms with Gasteiger partial charge in [0.05, 0.1) is 0 Å². The average Bonchev–Trinajstić information content (AvgIpc) is 2.36. The normalized spacial score (nSPS) is 10.3. The Labute approximate surface area is 127 Å². The van der Waals surface area contributed by atoms with E-state index in [-0.39, 0.29) is 5.91 Å². The highest BCUT2D eigenvalue weighted by atomic mass is 35.5. The number of benzene rings is 2. The minimum atomic E-state index is -0.105. The van der Waals surface area contributed by atoms with Crippen molar-refractivity contribution in [3.8, 4) is 0 Å². The van der Waals surface area contributed by atoms with Gasteiger partial charge in [0.25, 0.3) is 0 Å². The fraction of sp³-hybridized carbons (Fsp3) is 0.133. The Hall–Kier alpha value is -1.71. The van der Waals surface area contributed by atoms with Gasteiger partial charge < -0.3 is 11.1 Å². The Balaban J connectivity index is 1.94. The van der Waals surface area contributed by atoms with Crippen LogP contribution in [-0.2, 0) is 11.2 Å². The van der Waals surface area contributed by atoms with Gasteiger partial charge in [-0.1, -0.05) is 41.4 Å². The molecule has 1 amide bonds. The van der Waals surface area contributed by atoms with E-state index >= 15 is 0 Å². The lowest BCUT2D eigenvalue weighted by molar-refractivity contribution is -0.116. The monoisotopic (exact) mass is 308 g/mol.